The molecule has 24 heavy (non-hydrogen) atoms. The maximum Gasteiger partial charge on any atom is 0.238 e. The molecule has 0 saturated carbocycles. The van der Waals surface area contributed by atoms with E-state index >= 15 is 0 Å². The Balaban J connectivity index is 1.68. The standard InChI is InChI=1S/C16H14ClN3O2S2/c17-14-9-5-4-8-13(14)11-24(21,22)20-16-19-18-15(23-16)10-12-6-2-1-3-7-12/h1-9H,10-11H2,(H,19,20). The number of halogens is 1. The molecule has 3 rings (SSSR count). The second kappa shape index (κ2) is 7.29. The zero-order valence-electron chi connectivity index (χ0n) is 12.5. The third-order valence-corrected chi connectivity index (χ3v) is 5.74. The Morgan fingerprint density at radius 1 is 1.00 bits per heavy atom. The molecule has 0 radical (unpaired) electrons. The van der Waals surface area contributed by atoms with Crippen molar-refractivity contribution in [3.63, 3.8) is 0 Å². The van der Waals surface area contributed by atoms with Gasteiger partial charge in [-0.1, -0.05) is 71.5 Å². The van der Waals surface area contributed by atoms with E-state index < -0.39 is 10.0 Å². The van der Waals surface area contributed by atoms with Gasteiger partial charge in [-0.2, -0.15) is 0 Å². The van der Waals surface area contributed by atoms with Crippen LogP contribution in [0, 0.1) is 0 Å². The third-order valence-electron chi connectivity index (χ3n) is 3.21. The maximum absolute atomic E-state index is 12.3. The van der Waals surface area contributed by atoms with Crippen molar-refractivity contribution in [1.82, 2.24) is 10.2 Å². The molecular formula is C16H14ClN3O2S2. The summed E-state index contributed by atoms with van der Waals surface area (Å²) >= 11 is 7.23. The molecule has 1 heterocycles. The minimum absolute atomic E-state index is 0.208. The van der Waals surface area contributed by atoms with E-state index in [0.717, 1.165) is 10.6 Å². The highest BCUT2D eigenvalue weighted by Gasteiger charge is 2.16. The second-order valence-electron chi connectivity index (χ2n) is 5.12. The zero-order chi connectivity index (χ0) is 17.0. The summed E-state index contributed by atoms with van der Waals surface area (Å²) in [6.45, 7) is 0. The fourth-order valence-corrected chi connectivity index (χ4v) is 4.62. The summed E-state index contributed by atoms with van der Waals surface area (Å²) in [6, 6.07) is 16.7. The lowest BCUT2D eigenvalue weighted by Gasteiger charge is -2.06. The summed E-state index contributed by atoms with van der Waals surface area (Å²) in [5.41, 5.74) is 1.64. The lowest BCUT2D eigenvalue weighted by Crippen LogP contribution is -2.15. The number of benzene rings is 2. The Hall–Kier alpha value is -1.96. The third kappa shape index (κ3) is 4.53. The van der Waals surface area contributed by atoms with E-state index in [1.165, 1.54) is 11.3 Å². The van der Waals surface area contributed by atoms with Crippen LogP contribution in [0.1, 0.15) is 16.1 Å². The van der Waals surface area contributed by atoms with Crippen LogP contribution in [0.25, 0.3) is 0 Å². The van der Waals surface area contributed by atoms with Gasteiger partial charge in [0, 0.05) is 11.4 Å². The van der Waals surface area contributed by atoms with Gasteiger partial charge in [0.2, 0.25) is 15.2 Å². The monoisotopic (exact) mass is 379 g/mol. The first-order valence-corrected chi connectivity index (χ1v) is 9.97. The van der Waals surface area contributed by atoms with Gasteiger partial charge in [0.15, 0.2) is 0 Å². The molecule has 1 N–H and O–H groups in total. The Morgan fingerprint density at radius 2 is 1.71 bits per heavy atom. The van der Waals surface area contributed by atoms with Crippen molar-refractivity contribution in [3.8, 4) is 0 Å². The molecule has 2 aromatic carbocycles. The van der Waals surface area contributed by atoms with E-state index in [1.807, 2.05) is 30.3 Å². The van der Waals surface area contributed by atoms with E-state index in [2.05, 4.69) is 14.9 Å². The van der Waals surface area contributed by atoms with Crippen molar-refractivity contribution in [1.29, 1.82) is 0 Å². The zero-order valence-corrected chi connectivity index (χ0v) is 14.9. The van der Waals surface area contributed by atoms with Crippen LogP contribution in [-0.2, 0) is 22.2 Å². The Morgan fingerprint density at radius 3 is 2.46 bits per heavy atom. The predicted octanol–water partition coefficient (Wildman–Crippen LogP) is 3.72. The fourth-order valence-electron chi connectivity index (χ4n) is 2.13. The molecule has 0 unspecified atom stereocenters. The van der Waals surface area contributed by atoms with Gasteiger partial charge in [-0.15, -0.1) is 10.2 Å². The summed E-state index contributed by atoms with van der Waals surface area (Å²) < 4.78 is 27.0. The van der Waals surface area contributed by atoms with Crippen LogP contribution in [0.5, 0.6) is 0 Å². The molecule has 0 atom stereocenters. The molecule has 0 spiro atoms. The van der Waals surface area contributed by atoms with E-state index in [9.17, 15) is 8.42 Å². The quantitative estimate of drug-likeness (QED) is 0.708. The Labute approximate surface area is 149 Å². The van der Waals surface area contributed by atoms with Crippen LogP contribution < -0.4 is 4.72 Å². The van der Waals surface area contributed by atoms with Crippen molar-refractivity contribution < 1.29 is 8.42 Å². The molecule has 124 valence electrons. The lowest BCUT2D eigenvalue weighted by atomic mass is 10.2. The van der Waals surface area contributed by atoms with Crippen LogP contribution in [0.4, 0.5) is 5.13 Å². The number of nitrogens with one attached hydrogen (secondary N) is 1. The highest BCUT2D eigenvalue weighted by Crippen LogP contribution is 2.22. The van der Waals surface area contributed by atoms with Gasteiger partial charge in [0.25, 0.3) is 0 Å². The average Bonchev–Trinajstić information content (AvgIpc) is 2.96. The first-order valence-electron chi connectivity index (χ1n) is 7.12. The van der Waals surface area contributed by atoms with Crippen molar-refractivity contribution in [2.75, 3.05) is 4.72 Å². The number of hydrogen-bond donors (Lipinski definition) is 1. The summed E-state index contributed by atoms with van der Waals surface area (Å²) in [5, 5.41) is 9.37. The number of rotatable bonds is 6. The van der Waals surface area contributed by atoms with Crippen LogP contribution in [0.3, 0.4) is 0 Å². The molecule has 0 amide bonds. The largest absolute Gasteiger partial charge is 0.257 e. The SMILES string of the molecule is O=S(=O)(Cc1ccccc1Cl)Nc1nnc(Cc2ccccc2)s1. The highest BCUT2D eigenvalue weighted by atomic mass is 35.5. The summed E-state index contributed by atoms with van der Waals surface area (Å²) in [4.78, 5) is 0. The number of hydrogen-bond acceptors (Lipinski definition) is 5. The predicted molar refractivity (Wildman–Crippen MR) is 96.9 cm³/mol. The van der Waals surface area contributed by atoms with Gasteiger partial charge in [0.05, 0.1) is 5.75 Å². The number of aromatic nitrogens is 2. The molecule has 1 aromatic heterocycles. The highest BCUT2D eigenvalue weighted by molar-refractivity contribution is 7.92. The number of sulfonamides is 1. The van der Waals surface area contributed by atoms with Gasteiger partial charge >= 0.3 is 0 Å². The molecule has 3 aromatic rings. The van der Waals surface area contributed by atoms with Crippen molar-refractivity contribution in [2.45, 2.75) is 12.2 Å². The fraction of sp³-hybridized carbons (Fsp3) is 0.125. The van der Waals surface area contributed by atoms with Crippen LogP contribution in [-0.4, -0.2) is 18.6 Å². The van der Waals surface area contributed by atoms with Crippen LogP contribution >= 0.6 is 22.9 Å². The lowest BCUT2D eigenvalue weighted by molar-refractivity contribution is 0.600. The van der Waals surface area contributed by atoms with Crippen LogP contribution in [0.15, 0.2) is 54.6 Å². The maximum atomic E-state index is 12.3. The second-order valence-corrected chi connectivity index (χ2v) is 8.31. The minimum Gasteiger partial charge on any atom is -0.257 e. The molecule has 0 aliphatic rings. The van der Waals surface area contributed by atoms with E-state index in [1.54, 1.807) is 24.3 Å². The molecule has 0 saturated heterocycles. The molecule has 0 aliphatic heterocycles. The molecular weight excluding hydrogens is 366 g/mol. The average molecular weight is 380 g/mol. The van der Waals surface area contributed by atoms with E-state index in [-0.39, 0.29) is 10.9 Å². The Kier molecular flexibility index (Phi) is 5.13. The van der Waals surface area contributed by atoms with Crippen molar-refractivity contribution >= 4 is 38.1 Å². The minimum atomic E-state index is -3.60. The number of nitrogens with zero attached hydrogens (tertiary/aromatic N) is 2. The molecule has 5 nitrogen and oxygen atoms in total. The topological polar surface area (TPSA) is 72.0 Å². The Bertz CT molecular complexity index is 927. The first-order chi connectivity index (χ1) is 11.5. The molecule has 0 fully saturated rings. The molecule has 8 heteroatoms. The van der Waals surface area contributed by atoms with Gasteiger partial charge in [-0.3, -0.25) is 4.72 Å². The van der Waals surface area contributed by atoms with Gasteiger partial charge in [0.1, 0.15) is 5.01 Å². The normalized spacial score (nSPS) is 11.4. The summed E-state index contributed by atoms with van der Waals surface area (Å²) in [6.07, 6.45) is 0.616. The van der Waals surface area contributed by atoms with Gasteiger partial charge < -0.3 is 0 Å². The summed E-state index contributed by atoms with van der Waals surface area (Å²) in [7, 11) is -3.60. The van der Waals surface area contributed by atoms with E-state index in [0.29, 0.717) is 17.0 Å². The number of anilines is 1. The van der Waals surface area contributed by atoms with Crippen molar-refractivity contribution in [2.24, 2.45) is 0 Å². The van der Waals surface area contributed by atoms with Crippen LogP contribution in [0.2, 0.25) is 5.02 Å². The summed E-state index contributed by atoms with van der Waals surface area (Å²) in [5.74, 6) is -0.208. The van der Waals surface area contributed by atoms with E-state index in [4.69, 9.17) is 11.6 Å². The smallest absolute Gasteiger partial charge is 0.238 e. The molecule has 0 bridgehead atoms. The molecule has 0 aliphatic carbocycles. The first kappa shape index (κ1) is 16.9. The van der Waals surface area contributed by atoms with Gasteiger partial charge in [-0.05, 0) is 17.2 Å². The van der Waals surface area contributed by atoms with Crippen molar-refractivity contribution in [3.05, 3.63) is 75.8 Å². The van der Waals surface area contributed by atoms with Gasteiger partial charge in [-0.25, -0.2) is 8.42 Å².